The summed E-state index contributed by atoms with van der Waals surface area (Å²) >= 11 is 3.08. The Labute approximate surface area is 135 Å². The van der Waals surface area contributed by atoms with E-state index in [9.17, 15) is 8.42 Å². The van der Waals surface area contributed by atoms with E-state index in [1.54, 1.807) is 17.8 Å². The summed E-state index contributed by atoms with van der Waals surface area (Å²) in [5.41, 5.74) is 6.59. The fraction of sp³-hybridized carbons (Fsp3) is 0.714. The first-order valence-electron chi connectivity index (χ1n) is 7.27. The molecular weight excluding hydrogens is 324 g/mol. The van der Waals surface area contributed by atoms with Crippen LogP contribution in [0.1, 0.15) is 42.5 Å². The molecule has 0 unspecified atom stereocenters. The van der Waals surface area contributed by atoms with Gasteiger partial charge in [0.25, 0.3) is 0 Å². The molecule has 0 saturated heterocycles. The lowest BCUT2D eigenvalue weighted by Crippen LogP contribution is -2.41. The molecule has 2 rings (SSSR count). The maximum absolute atomic E-state index is 12.5. The highest BCUT2D eigenvalue weighted by molar-refractivity contribution is 8.00. The van der Waals surface area contributed by atoms with Crippen LogP contribution in [0.5, 0.6) is 0 Å². The van der Waals surface area contributed by atoms with E-state index in [-0.39, 0.29) is 4.75 Å². The molecule has 1 aromatic rings. The molecule has 3 N–H and O–H groups in total. The summed E-state index contributed by atoms with van der Waals surface area (Å²) in [5, 5.41) is 0. The molecular formula is C14H24N2O2S3. The summed E-state index contributed by atoms with van der Waals surface area (Å²) in [6.07, 6.45) is 7.92. The molecule has 1 aromatic heterocycles. The molecule has 1 aliphatic rings. The minimum absolute atomic E-state index is 0.0638. The van der Waals surface area contributed by atoms with Gasteiger partial charge in [0.05, 0.1) is 0 Å². The third-order valence-electron chi connectivity index (χ3n) is 4.23. The largest absolute Gasteiger partial charge is 0.326 e. The molecule has 0 spiro atoms. The number of hydrogen-bond donors (Lipinski definition) is 2. The summed E-state index contributed by atoms with van der Waals surface area (Å²) in [4.78, 5) is 0.938. The van der Waals surface area contributed by atoms with E-state index in [1.165, 1.54) is 30.6 Å². The molecule has 0 bridgehead atoms. The zero-order valence-corrected chi connectivity index (χ0v) is 15.1. The van der Waals surface area contributed by atoms with E-state index in [1.807, 2.05) is 6.92 Å². The van der Waals surface area contributed by atoms with Gasteiger partial charge in [-0.2, -0.15) is 11.8 Å². The van der Waals surface area contributed by atoms with Crippen molar-refractivity contribution in [3.8, 4) is 0 Å². The van der Waals surface area contributed by atoms with E-state index >= 15 is 0 Å². The fourth-order valence-corrected chi connectivity index (χ4v) is 6.42. The number of sulfonamides is 1. The molecule has 7 heteroatoms. The van der Waals surface area contributed by atoms with E-state index in [2.05, 4.69) is 11.0 Å². The smallest absolute Gasteiger partial charge is 0.250 e. The summed E-state index contributed by atoms with van der Waals surface area (Å²) in [7, 11) is -3.42. The van der Waals surface area contributed by atoms with E-state index in [4.69, 9.17) is 5.73 Å². The molecule has 120 valence electrons. The van der Waals surface area contributed by atoms with Crippen LogP contribution in [0.25, 0.3) is 0 Å². The van der Waals surface area contributed by atoms with Gasteiger partial charge in [-0.05, 0) is 37.7 Å². The zero-order chi connectivity index (χ0) is 15.5. The quantitative estimate of drug-likeness (QED) is 0.829. The van der Waals surface area contributed by atoms with Gasteiger partial charge in [0.1, 0.15) is 4.21 Å². The minimum atomic E-state index is -3.42. The van der Waals surface area contributed by atoms with Crippen molar-refractivity contribution in [1.82, 2.24) is 4.72 Å². The maximum Gasteiger partial charge on any atom is 0.250 e. The standard InChI is InChI=1S/C14H24N2O2S3/c1-11-8-13(20-12(11)9-15)21(17,18)16-10-14(19-2)6-4-3-5-7-14/h8,16H,3-7,9-10,15H2,1-2H3. The van der Waals surface area contributed by atoms with Crippen LogP contribution in [0.4, 0.5) is 0 Å². The Bertz CT molecular complexity index is 575. The minimum Gasteiger partial charge on any atom is -0.326 e. The van der Waals surface area contributed by atoms with Gasteiger partial charge in [-0.1, -0.05) is 19.3 Å². The Hall–Kier alpha value is -0.0800. The van der Waals surface area contributed by atoms with Crippen LogP contribution < -0.4 is 10.5 Å². The number of hydrogen-bond acceptors (Lipinski definition) is 5. The highest BCUT2D eigenvalue weighted by atomic mass is 32.2. The predicted molar refractivity (Wildman–Crippen MR) is 91.5 cm³/mol. The zero-order valence-electron chi connectivity index (χ0n) is 12.6. The lowest BCUT2D eigenvalue weighted by Gasteiger charge is -2.35. The second-order valence-electron chi connectivity index (χ2n) is 5.65. The highest BCUT2D eigenvalue weighted by Crippen LogP contribution is 2.38. The van der Waals surface area contributed by atoms with Crippen molar-refractivity contribution in [1.29, 1.82) is 0 Å². The number of nitrogens with one attached hydrogen (secondary N) is 1. The Morgan fingerprint density at radius 3 is 2.57 bits per heavy atom. The summed E-state index contributed by atoms with van der Waals surface area (Å²) in [5.74, 6) is 0. The average Bonchev–Trinajstić information content (AvgIpc) is 2.88. The highest BCUT2D eigenvalue weighted by Gasteiger charge is 2.33. The normalized spacial score (nSPS) is 18.8. The monoisotopic (exact) mass is 348 g/mol. The predicted octanol–water partition coefficient (Wildman–Crippen LogP) is 2.86. The van der Waals surface area contributed by atoms with E-state index in [0.29, 0.717) is 17.3 Å². The molecule has 4 nitrogen and oxygen atoms in total. The van der Waals surface area contributed by atoms with E-state index in [0.717, 1.165) is 23.3 Å². The van der Waals surface area contributed by atoms with Gasteiger partial charge in [-0.3, -0.25) is 0 Å². The number of aryl methyl sites for hydroxylation is 1. The van der Waals surface area contributed by atoms with Crippen molar-refractivity contribution >= 4 is 33.1 Å². The van der Waals surface area contributed by atoms with Crippen molar-refractivity contribution in [2.24, 2.45) is 5.73 Å². The van der Waals surface area contributed by atoms with Crippen molar-refractivity contribution in [3.05, 3.63) is 16.5 Å². The molecule has 21 heavy (non-hydrogen) atoms. The maximum atomic E-state index is 12.5. The van der Waals surface area contributed by atoms with Crippen molar-refractivity contribution in [2.45, 2.75) is 54.5 Å². The molecule has 0 aliphatic heterocycles. The van der Waals surface area contributed by atoms with Gasteiger partial charge in [-0.15, -0.1) is 11.3 Å². The van der Waals surface area contributed by atoms with Gasteiger partial charge in [0, 0.05) is 22.7 Å². The first-order chi connectivity index (χ1) is 9.92. The fourth-order valence-electron chi connectivity index (χ4n) is 2.77. The third kappa shape index (κ3) is 4.01. The van der Waals surface area contributed by atoms with Crippen LogP contribution in [-0.4, -0.2) is 26.0 Å². The Morgan fingerprint density at radius 1 is 1.38 bits per heavy atom. The van der Waals surface area contributed by atoms with Crippen LogP contribution in [0.2, 0.25) is 0 Å². The molecule has 1 fully saturated rings. The SMILES string of the molecule is CSC1(CNS(=O)(=O)c2cc(C)c(CN)s2)CCCCC1. The van der Waals surface area contributed by atoms with Gasteiger partial charge in [0.15, 0.2) is 0 Å². The van der Waals surface area contributed by atoms with Gasteiger partial charge in [-0.25, -0.2) is 13.1 Å². The topological polar surface area (TPSA) is 72.2 Å². The number of rotatable bonds is 6. The van der Waals surface area contributed by atoms with Gasteiger partial charge >= 0.3 is 0 Å². The summed E-state index contributed by atoms with van der Waals surface area (Å²) in [6, 6.07) is 1.72. The second-order valence-corrected chi connectivity index (χ2v) is 10.1. The van der Waals surface area contributed by atoms with Gasteiger partial charge in [0.2, 0.25) is 10.0 Å². The lowest BCUT2D eigenvalue weighted by atomic mass is 9.88. The Balaban J connectivity index is 2.09. The summed E-state index contributed by atoms with van der Waals surface area (Å²) < 4.78 is 28.2. The number of nitrogens with two attached hydrogens (primary N) is 1. The summed E-state index contributed by atoms with van der Waals surface area (Å²) in [6.45, 7) is 2.81. The number of thiophene rings is 1. The van der Waals surface area contributed by atoms with Crippen LogP contribution in [0, 0.1) is 6.92 Å². The first-order valence-corrected chi connectivity index (χ1v) is 10.8. The van der Waals surface area contributed by atoms with Crippen molar-refractivity contribution < 1.29 is 8.42 Å². The molecule has 0 aromatic carbocycles. The molecule has 1 heterocycles. The van der Waals surface area contributed by atoms with Crippen LogP contribution >= 0.6 is 23.1 Å². The first kappa shape index (κ1) is 17.3. The second kappa shape index (κ2) is 7.00. The van der Waals surface area contributed by atoms with Crippen LogP contribution in [-0.2, 0) is 16.6 Å². The third-order valence-corrected chi connectivity index (χ3v) is 8.78. The van der Waals surface area contributed by atoms with Crippen molar-refractivity contribution in [2.75, 3.05) is 12.8 Å². The van der Waals surface area contributed by atoms with Crippen LogP contribution in [0.3, 0.4) is 0 Å². The molecule has 1 aliphatic carbocycles. The van der Waals surface area contributed by atoms with E-state index < -0.39 is 10.0 Å². The average molecular weight is 349 g/mol. The Morgan fingerprint density at radius 2 is 2.05 bits per heavy atom. The molecule has 0 radical (unpaired) electrons. The van der Waals surface area contributed by atoms with Crippen LogP contribution in [0.15, 0.2) is 10.3 Å². The van der Waals surface area contributed by atoms with Crippen molar-refractivity contribution in [3.63, 3.8) is 0 Å². The number of thioether (sulfide) groups is 1. The lowest BCUT2D eigenvalue weighted by molar-refractivity contribution is 0.395. The Kier molecular flexibility index (Phi) is 5.76. The molecule has 0 atom stereocenters. The molecule has 0 amide bonds. The van der Waals surface area contributed by atoms with Gasteiger partial charge < -0.3 is 5.73 Å². The molecule has 1 saturated carbocycles.